The molecule has 3 rings (SSSR count). The number of carbonyl (C=O) groups is 2. The Hall–Kier alpha value is -2.28. The molecule has 2 amide bonds. The highest BCUT2D eigenvalue weighted by atomic mass is 35.5. The summed E-state index contributed by atoms with van der Waals surface area (Å²) in [6.07, 6.45) is 6.75. The van der Waals surface area contributed by atoms with E-state index in [1.807, 2.05) is 11.9 Å². The fourth-order valence-corrected chi connectivity index (χ4v) is 5.25. The Bertz CT molecular complexity index is 877. The van der Waals surface area contributed by atoms with Gasteiger partial charge in [0.05, 0.1) is 19.1 Å². The predicted molar refractivity (Wildman–Crippen MR) is 133 cm³/mol. The molecule has 2 heterocycles. The van der Waals surface area contributed by atoms with E-state index in [1.165, 1.54) is 0 Å². The zero-order chi connectivity index (χ0) is 26.1. The number of amides is 2. The second kappa shape index (κ2) is 13.9. The van der Waals surface area contributed by atoms with Gasteiger partial charge in [-0.1, -0.05) is 25.7 Å². The molecule has 1 aliphatic carbocycles. The van der Waals surface area contributed by atoms with Gasteiger partial charge in [0.15, 0.2) is 11.6 Å². The van der Waals surface area contributed by atoms with E-state index in [1.54, 1.807) is 7.11 Å². The molecule has 1 aliphatic heterocycles. The molecule has 202 valence electrons. The summed E-state index contributed by atoms with van der Waals surface area (Å²) in [5.41, 5.74) is 5.03. The zero-order valence-corrected chi connectivity index (χ0v) is 21.7. The molecule has 0 spiro atoms. The first-order valence-corrected chi connectivity index (χ1v) is 12.8. The van der Waals surface area contributed by atoms with Crippen molar-refractivity contribution in [1.29, 1.82) is 0 Å². The van der Waals surface area contributed by atoms with Crippen molar-refractivity contribution in [3.8, 4) is 0 Å². The highest BCUT2D eigenvalue weighted by Gasteiger charge is 2.31. The lowest BCUT2D eigenvalue weighted by molar-refractivity contribution is -0.154. The normalized spacial score (nSPS) is 19.1. The number of likely N-dealkylation sites (N-methyl/N-ethyl adjacent to an activating group) is 1. The number of ether oxygens (including phenoxy) is 1. The minimum absolute atomic E-state index is 0.0458. The highest BCUT2D eigenvalue weighted by Crippen LogP contribution is 2.32. The number of hydrogen-bond donors (Lipinski definition) is 3. The molecule has 0 radical (unpaired) electrons. The monoisotopic (exact) mass is 529 g/mol. The average molecular weight is 530 g/mol. The fourth-order valence-electron chi connectivity index (χ4n) is 5.09. The molecule has 3 N–H and O–H groups in total. The minimum atomic E-state index is -0.713. The standard InChI is InChI=1S/C23H37ClFN7O4/c1-30(10-11-36-2)14-18-8-5-9-32(18)21-19(25)20(26-23(24)27-21)28-29-22(34)17(13-31(35)15-33)12-16-6-3-4-7-16/h15-18,35H,3-14H2,1-2H3,(H,29,34)(H,26,27,28)/t17-,18-/m0/s1. The number of rotatable bonds is 14. The van der Waals surface area contributed by atoms with Crippen LogP contribution in [0.2, 0.25) is 5.28 Å². The zero-order valence-electron chi connectivity index (χ0n) is 21.0. The Morgan fingerprint density at radius 3 is 2.78 bits per heavy atom. The van der Waals surface area contributed by atoms with Crippen molar-refractivity contribution in [1.82, 2.24) is 25.4 Å². The van der Waals surface area contributed by atoms with Gasteiger partial charge < -0.3 is 14.5 Å². The van der Waals surface area contributed by atoms with Crippen LogP contribution in [0.1, 0.15) is 44.9 Å². The fraction of sp³-hybridized carbons (Fsp3) is 0.739. The smallest absolute Gasteiger partial charge is 0.243 e. The van der Waals surface area contributed by atoms with Gasteiger partial charge in [-0.15, -0.1) is 0 Å². The molecule has 11 nitrogen and oxygen atoms in total. The molecule has 1 aromatic heterocycles. The van der Waals surface area contributed by atoms with E-state index < -0.39 is 17.6 Å². The summed E-state index contributed by atoms with van der Waals surface area (Å²) in [4.78, 5) is 35.9. The van der Waals surface area contributed by atoms with Crippen LogP contribution >= 0.6 is 11.6 Å². The van der Waals surface area contributed by atoms with Gasteiger partial charge in [-0.05, 0) is 43.8 Å². The number of hydroxylamine groups is 2. The third kappa shape index (κ3) is 7.86. The molecule has 0 aromatic carbocycles. The number of nitrogens with zero attached hydrogens (tertiary/aromatic N) is 5. The van der Waals surface area contributed by atoms with Gasteiger partial charge in [-0.3, -0.25) is 25.6 Å². The van der Waals surface area contributed by atoms with E-state index in [0.29, 0.717) is 37.1 Å². The molecule has 1 saturated heterocycles. The summed E-state index contributed by atoms with van der Waals surface area (Å²) in [5.74, 6) is -1.67. The van der Waals surface area contributed by atoms with Crippen LogP contribution in [-0.2, 0) is 14.3 Å². The Kier molecular flexibility index (Phi) is 10.9. The van der Waals surface area contributed by atoms with Gasteiger partial charge in [0.2, 0.25) is 23.4 Å². The first-order valence-electron chi connectivity index (χ1n) is 12.5. The van der Waals surface area contributed by atoms with Crippen LogP contribution in [0.4, 0.5) is 16.0 Å². The molecular weight excluding hydrogens is 493 g/mol. The van der Waals surface area contributed by atoms with Gasteiger partial charge in [-0.25, -0.2) is 5.06 Å². The summed E-state index contributed by atoms with van der Waals surface area (Å²) in [5, 5.41) is 9.97. The molecule has 1 aromatic rings. The van der Waals surface area contributed by atoms with Crippen molar-refractivity contribution in [2.24, 2.45) is 11.8 Å². The van der Waals surface area contributed by atoms with Crippen molar-refractivity contribution in [3.05, 3.63) is 11.1 Å². The second-order valence-electron chi connectivity index (χ2n) is 9.65. The van der Waals surface area contributed by atoms with Crippen LogP contribution in [0.25, 0.3) is 0 Å². The van der Waals surface area contributed by atoms with Crippen LogP contribution < -0.4 is 15.8 Å². The molecule has 13 heteroatoms. The van der Waals surface area contributed by atoms with Crippen molar-refractivity contribution < 1.29 is 23.9 Å². The van der Waals surface area contributed by atoms with Crippen molar-refractivity contribution in [2.75, 3.05) is 57.3 Å². The Morgan fingerprint density at radius 1 is 1.33 bits per heavy atom. The van der Waals surface area contributed by atoms with E-state index in [-0.39, 0.29) is 35.9 Å². The third-order valence-corrected chi connectivity index (χ3v) is 7.12. The first-order chi connectivity index (χ1) is 17.3. The van der Waals surface area contributed by atoms with Crippen LogP contribution in [0.5, 0.6) is 0 Å². The number of halogens is 2. The second-order valence-corrected chi connectivity index (χ2v) is 9.99. The summed E-state index contributed by atoms with van der Waals surface area (Å²) in [6.45, 7) is 2.54. The van der Waals surface area contributed by atoms with E-state index in [9.17, 15) is 14.8 Å². The number of nitrogens with one attached hydrogen (secondary N) is 2. The van der Waals surface area contributed by atoms with Crippen LogP contribution in [0.15, 0.2) is 0 Å². The average Bonchev–Trinajstić information content (AvgIpc) is 3.54. The van der Waals surface area contributed by atoms with Gasteiger partial charge in [0.25, 0.3) is 0 Å². The molecule has 0 unspecified atom stereocenters. The van der Waals surface area contributed by atoms with Gasteiger partial charge in [0.1, 0.15) is 0 Å². The van der Waals surface area contributed by atoms with Crippen molar-refractivity contribution in [2.45, 2.75) is 51.0 Å². The van der Waals surface area contributed by atoms with E-state index >= 15 is 4.39 Å². The molecule has 0 bridgehead atoms. The number of hydrogen-bond acceptors (Lipinski definition) is 9. The van der Waals surface area contributed by atoms with E-state index in [4.69, 9.17) is 16.3 Å². The summed E-state index contributed by atoms with van der Waals surface area (Å²) in [7, 11) is 3.64. The first kappa shape index (κ1) is 28.3. The quantitative estimate of drug-likeness (QED) is 0.144. The molecule has 2 atom stereocenters. The number of hydrazine groups is 1. The number of carbonyl (C=O) groups excluding carboxylic acids is 2. The maximum atomic E-state index is 15.5. The summed E-state index contributed by atoms with van der Waals surface area (Å²) < 4.78 is 20.6. The number of methoxy groups -OCH3 is 1. The van der Waals surface area contributed by atoms with Crippen LogP contribution in [0, 0.1) is 17.7 Å². The van der Waals surface area contributed by atoms with Crippen molar-refractivity contribution in [3.63, 3.8) is 0 Å². The van der Waals surface area contributed by atoms with E-state index in [0.717, 1.165) is 45.1 Å². The van der Waals surface area contributed by atoms with Crippen LogP contribution in [0.3, 0.4) is 0 Å². The summed E-state index contributed by atoms with van der Waals surface area (Å²) in [6, 6.07) is 0.0458. The van der Waals surface area contributed by atoms with Gasteiger partial charge in [0, 0.05) is 32.8 Å². The Morgan fingerprint density at radius 2 is 2.08 bits per heavy atom. The largest absolute Gasteiger partial charge is 0.383 e. The molecule has 2 fully saturated rings. The predicted octanol–water partition coefficient (Wildman–Crippen LogP) is 2.30. The lowest BCUT2D eigenvalue weighted by Crippen LogP contribution is -2.42. The maximum absolute atomic E-state index is 15.5. The SMILES string of the molecule is COCCN(C)C[C@@H]1CCCN1c1nc(Cl)nc(NNC(=O)[C@@H](CC2CCCC2)CN(O)C=O)c1F. The third-order valence-electron chi connectivity index (χ3n) is 6.95. The molecule has 36 heavy (non-hydrogen) atoms. The summed E-state index contributed by atoms with van der Waals surface area (Å²) >= 11 is 6.13. The molecule has 2 aliphatic rings. The molecular formula is C23H37ClFN7O4. The number of anilines is 2. The topological polar surface area (TPSA) is 123 Å². The van der Waals surface area contributed by atoms with Gasteiger partial charge >= 0.3 is 0 Å². The Balaban J connectivity index is 1.69. The molecule has 1 saturated carbocycles. The maximum Gasteiger partial charge on any atom is 0.243 e. The lowest BCUT2D eigenvalue weighted by atomic mass is 9.92. The van der Waals surface area contributed by atoms with Gasteiger partial charge in [-0.2, -0.15) is 14.4 Å². The highest BCUT2D eigenvalue weighted by molar-refractivity contribution is 6.28. The lowest BCUT2D eigenvalue weighted by Gasteiger charge is -2.30. The number of aromatic nitrogens is 2. The minimum Gasteiger partial charge on any atom is -0.383 e. The Labute approximate surface area is 216 Å². The van der Waals surface area contributed by atoms with E-state index in [2.05, 4.69) is 25.7 Å². The van der Waals surface area contributed by atoms with Crippen LogP contribution in [-0.4, -0.2) is 90.4 Å². The van der Waals surface area contributed by atoms with Crippen molar-refractivity contribution >= 4 is 35.6 Å².